The summed E-state index contributed by atoms with van der Waals surface area (Å²) >= 11 is 0. The first-order valence-corrected chi connectivity index (χ1v) is 13.9. The Kier molecular flexibility index (Phi) is 7.73. The molecule has 0 radical (unpaired) electrons. The highest BCUT2D eigenvalue weighted by molar-refractivity contribution is 5.99. The highest BCUT2D eigenvalue weighted by Crippen LogP contribution is 2.58. The van der Waals surface area contributed by atoms with Crippen molar-refractivity contribution in [1.82, 2.24) is 9.80 Å². The van der Waals surface area contributed by atoms with Gasteiger partial charge in [0.15, 0.2) is 0 Å². The van der Waals surface area contributed by atoms with Crippen LogP contribution in [0.2, 0.25) is 0 Å². The van der Waals surface area contributed by atoms with Gasteiger partial charge in [-0.3, -0.25) is 14.4 Å². The number of likely N-dealkylation sites (tertiary alicyclic amines) is 1. The zero-order valence-electron chi connectivity index (χ0n) is 22.1. The summed E-state index contributed by atoms with van der Waals surface area (Å²) in [6, 6.07) is 8.94. The molecule has 4 aliphatic heterocycles. The van der Waals surface area contributed by atoms with Crippen LogP contribution in [0.15, 0.2) is 54.6 Å². The normalized spacial score (nSPS) is 32.4. The lowest BCUT2D eigenvalue weighted by molar-refractivity contribution is -0.162. The van der Waals surface area contributed by atoms with E-state index in [0.29, 0.717) is 45.3 Å². The molecule has 1 unspecified atom stereocenters. The van der Waals surface area contributed by atoms with E-state index in [1.807, 2.05) is 61.6 Å². The van der Waals surface area contributed by atoms with E-state index in [9.17, 15) is 14.4 Å². The molecule has 204 valence electrons. The van der Waals surface area contributed by atoms with E-state index in [-0.39, 0.29) is 25.0 Å². The topological polar surface area (TPSA) is 96.4 Å². The number of aliphatic hydroxyl groups is 1. The van der Waals surface area contributed by atoms with Crippen molar-refractivity contribution in [2.75, 3.05) is 26.3 Å². The minimum absolute atomic E-state index is 0.137. The Morgan fingerprint density at radius 1 is 0.974 bits per heavy atom. The van der Waals surface area contributed by atoms with E-state index in [0.717, 1.165) is 18.4 Å². The molecule has 5 atom stereocenters. The van der Waals surface area contributed by atoms with E-state index in [2.05, 4.69) is 0 Å². The number of benzene rings is 1. The average Bonchev–Trinajstić information content (AvgIpc) is 3.26. The maximum Gasteiger partial charge on any atom is 0.313 e. The first-order valence-electron chi connectivity index (χ1n) is 13.9. The molecule has 0 bridgehead atoms. The molecule has 0 saturated carbocycles. The fourth-order valence-corrected chi connectivity index (χ4v) is 6.71. The van der Waals surface area contributed by atoms with Crippen molar-refractivity contribution >= 4 is 17.8 Å². The third-order valence-corrected chi connectivity index (χ3v) is 8.51. The van der Waals surface area contributed by atoms with Crippen molar-refractivity contribution in [3.05, 3.63) is 60.2 Å². The van der Waals surface area contributed by atoms with Gasteiger partial charge in [0.1, 0.15) is 23.2 Å². The van der Waals surface area contributed by atoms with E-state index >= 15 is 0 Å². The minimum atomic E-state index is -1.25. The van der Waals surface area contributed by atoms with Gasteiger partial charge in [0.05, 0.1) is 12.5 Å². The molecule has 2 saturated heterocycles. The molecule has 8 heteroatoms. The molecule has 4 aliphatic rings. The Balaban J connectivity index is 1.54. The maximum absolute atomic E-state index is 14.3. The number of carbonyl (C=O) groups excluding carboxylic acids is 3. The van der Waals surface area contributed by atoms with E-state index in [1.54, 1.807) is 9.80 Å². The Hall–Kier alpha value is -2.97. The number of esters is 1. The van der Waals surface area contributed by atoms with Crippen LogP contribution in [-0.2, 0) is 30.4 Å². The van der Waals surface area contributed by atoms with E-state index in [1.165, 1.54) is 0 Å². The molecule has 0 aromatic heterocycles. The van der Waals surface area contributed by atoms with Gasteiger partial charge in [0, 0.05) is 26.2 Å². The highest BCUT2D eigenvalue weighted by Gasteiger charge is 2.75. The predicted molar refractivity (Wildman–Crippen MR) is 141 cm³/mol. The van der Waals surface area contributed by atoms with Crippen LogP contribution in [-0.4, -0.2) is 76.2 Å². The number of carbonyl (C=O) groups is 3. The fraction of sp³-hybridized carbons (Fsp3) is 0.567. The quantitative estimate of drug-likeness (QED) is 0.304. The lowest BCUT2D eigenvalue weighted by Gasteiger charge is -2.38. The number of hydrogen-bond donors (Lipinski definition) is 1. The minimum Gasteiger partial charge on any atom is -0.465 e. The van der Waals surface area contributed by atoms with Gasteiger partial charge in [-0.15, -0.1) is 0 Å². The molecule has 1 aromatic rings. The molecule has 38 heavy (non-hydrogen) atoms. The van der Waals surface area contributed by atoms with Crippen molar-refractivity contribution in [2.24, 2.45) is 11.8 Å². The lowest BCUT2D eigenvalue weighted by atomic mass is 9.73. The van der Waals surface area contributed by atoms with Crippen molar-refractivity contribution in [2.45, 2.75) is 69.2 Å². The molecule has 2 fully saturated rings. The van der Waals surface area contributed by atoms with Crippen LogP contribution in [0.4, 0.5) is 0 Å². The molecule has 1 spiro atoms. The summed E-state index contributed by atoms with van der Waals surface area (Å²) in [5, 5.41) is 9.14. The summed E-state index contributed by atoms with van der Waals surface area (Å²) in [4.78, 5) is 45.4. The van der Waals surface area contributed by atoms with Crippen LogP contribution in [0.3, 0.4) is 0 Å². The van der Waals surface area contributed by atoms with Crippen LogP contribution < -0.4 is 0 Å². The van der Waals surface area contributed by atoms with Crippen molar-refractivity contribution in [3.8, 4) is 0 Å². The largest absolute Gasteiger partial charge is 0.465 e. The summed E-state index contributed by atoms with van der Waals surface area (Å²) in [7, 11) is 0. The van der Waals surface area contributed by atoms with Gasteiger partial charge in [0.25, 0.3) is 0 Å². The zero-order valence-corrected chi connectivity index (χ0v) is 22.1. The molecular weight excluding hydrogens is 484 g/mol. The number of ether oxygens (including phenoxy) is 2. The first kappa shape index (κ1) is 26.6. The highest BCUT2D eigenvalue weighted by atomic mass is 16.6. The summed E-state index contributed by atoms with van der Waals surface area (Å²) in [5.74, 6) is -2.47. The van der Waals surface area contributed by atoms with Crippen LogP contribution >= 0.6 is 0 Å². The number of aliphatic hydroxyl groups excluding tert-OH is 1. The Bertz CT molecular complexity index is 1100. The Labute approximate surface area is 224 Å². The number of cyclic esters (lactones) is 1. The second-order valence-electron chi connectivity index (χ2n) is 10.8. The van der Waals surface area contributed by atoms with Gasteiger partial charge in [-0.2, -0.15) is 0 Å². The van der Waals surface area contributed by atoms with Gasteiger partial charge in [0.2, 0.25) is 11.8 Å². The number of amides is 2. The molecule has 5 rings (SSSR count). The number of nitrogens with zero attached hydrogens (tertiary/aromatic N) is 2. The van der Waals surface area contributed by atoms with Gasteiger partial charge >= 0.3 is 5.97 Å². The third kappa shape index (κ3) is 4.47. The molecule has 8 nitrogen and oxygen atoms in total. The first-order chi connectivity index (χ1) is 18.5. The summed E-state index contributed by atoms with van der Waals surface area (Å²) in [6.45, 7) is 3.56. The zero-order chi connectivity index (χ0) is 26.8. The Morgan fingerprint density at radius 2 is 1.76 bits per heavy atom. The third-order valence-electron chi connectivity index (χ3n) is 8.51. The van der Waals surface area contributed by atoms with Crippen molar-refractivity contribution in [1.29, 1.82) is 0 Å². The smallest absolute Gasteiger partial charge is 0.313 e. The summed E-state index contributed by atoms with van der Waals surface area (Å²) in [5.41, 5.74) is -1.26. The van der Waals surface area contributed by atoms with Gasteiger partial charge < -0.3 is 24.4 Å². The molecular formula is C30H38N2O6. The SMILES string of the molecule is CC[C@@]12C=CCCOC(=O)[C@@H]1[C@H]1C(=O)N(CCCCCCO)C3C(=O)N(Cc4ccccc4)CC=C[C@@]31O2. The van der Waals surface area contributed by atoms with Crippen LogP contribution in [0.1, 0.15) is 51.0 Å². The Morgan fingerprint density at radius 3 is 2.53 bits per heavy atom. The number of fused-ring (bicyclic) bond motifs is 2. The standard InChI is InChI=1S/C30H38N2O6/c1-2-29-15-8-11-20-37-28(36)24(29)23-26(34)32(18-9-3-4-10-19-33)25-27(35)31(17-12-16-30(23,25)38-29)21-22-13-6-5-7-14-22/h5-8,12-16,23-25,33H,2-4,9-11,17-21H2,1H3/t23-,24-,25?,29+,30-/m0/s1. The molecule has 0 aliphatic carbocycles. The fourth-order valence-electron chi connectivity index (χ4n) is 6.71. The maximum atomic E-state index is 14.3. The van der Waals surface area contributed by atoms with Crippen molar-refractivity contribution in [3.63, 3.8) is 0 Å². The average molecular weight is 523 g/mol. The number of rotatable bonds is 9. The van der Waals surface area contributed by atoms with Gasteiger partial charge in [-0.05, 0) is 31.2 Å². The van der Waals surface area contributed by atoms with Gasteiger partial charge in [-0.25, -0.2) is 0 Å². The van der Waals surface area contributed by atoms with Crippen LogP contribution in [0, 0.1) is 11.8 Å². The van der Waals surface area contributed by atoms with Crippen molar-refractivity contribution < 1.29 is 29.0 Å². The van der Waals surface area contributed by atoms with Crippen LogP contribution in [0.25, 0.3) is 0 Å². The van der Waals surface area contributed by atoms with Crippen LogP contribution in [0.5, 0.6) is 0 Å². The second-order valence-corrected chi connectivity index (χ2v) is 10.8. The predicted octanol–water partition coefficient (Wildman–Crippen LogP) is 3.00. The monoisotopic (exact) mass is 522 g/mol. The lowest BCUT2D eigenvalue weighted by Crippen LogP contribution is -2.56. The second kappa shape index (κ2) is 11.0. The molecule has 4 heterocycles. The summed E-state index contributed by atoms with van der Waals surface area (Å²) in [6.07, 6.45) is 11.9. The molecule has 1 aromatic carbocycles. The summed E-state index contributed by atoms with van der Waals surface area (Å²) < 4.78 is 12.5. The molecule has 1 N–H and O–H groups in total. The van der Waals surface area contributed by atoms with Gasteiger partial charge in [-0.1, -0.05) is 74.4 Å². The van der Waals surface area contributed by atoms with E-state index in [4.69, 9.17) is 14.6 Å². The number of hydrogen-bond acceptors (Lipinski definition) is 6. The molecule has 2 amide bonds. The number of unbranched alkanes of at least 4 members (excludes halogenated alkanes) is 3. The van der Waals surface area contributed by atoms with E-state index < -0.39 is 35.0 Å².